The van der Waals surface area contributed by atoms with E-state index in [1.807, 2.05) is 29.2 Å². The fourth-order valence-corrected chi connectivity index (χ4v) is 3.98. The van der Waals surface area contributed by atoms with Crippen molar-refractivity contribution in [1.29, 1.82) is 0 Å². The van der Waals surface area contributed by atoms with Crippen LogP contribution < -0.4 is 4.74 Å². The molecule has 4 rings (SSSR count). The summed E-state index contributed by atoms with van der Waals surface area (Å²) in [5.74, 6) is 1.18. The van der Waals surface area contributed by atoms with Crippen molar-refractivity contribution in [1.82, 2.24) is 4.90 Å². The maximum atomic E-state index is 12.8. The van der Waals surface area contributed by atoms with Crippen molar-refractivity contribution >= 4 is 5.91 Å². The molecule has 0 radical (unpaired) electrons. The molecule has 3 nitrogen and oxygen atoms in total. The number of amides is 1. The average Bonchev–Trinajstić information content (AvgIpc) is 2.64. The monoisotopic (exact) mass is 335 g/mol. The Morgan fingerprint density at radius 2 is 1.76 bits per heavy atom. The third-order valence-electron chi connectivity index (χ3n) is 5.86. The molecule has 1 spiro atoms. The molecule has 0 saturated carbocycles. The minimum absolute atomic E-state index is 0.0890. The first-order chi connectivity index (χ1) is 12.1. The highest BCUT2D eigenvalue weighted by Gasteiger charge is 2.40. The molecule has 25 heavy (non-hydrogen) atoms. The summed E-state index contributed by atoms with van der Waals surface area (Å²) in [6, 6.07) is 14.3. The van der Waals surface area contributed by atoms with Crippen LogP contribution in [0.25, 0.3) is 0 Å². The van der Waals surface area contributed by atoms with Crippen molar-refractivity contribution in [3.05, 3.63) is 64.7 Å². The molecular weight excluding hydrogens is 310 g/mol. The number of likely N-dealkylation sites (tertiary alicyclic amines) is 1. The third kappa shape index (κ3) is 3.04. The first-order valence-corrected chi connectivity index (χ1v) is 9.20. The number of para-hydroxylation sites is 1. The molecule has 1 amide bonds. The van der Waals surface area contributed by atoms with E-state index in [4.69, 9.17) is 4.74 Å². The maximum absolute atomic E-state index is 12.8. The van der Waals surface area contributed by atoms with Gasteiger partial charge in [0.1, 0.15) is 11.4 Å². The van der Waals surface area contributed by atoms with Crippen LogP contribution in [0.5, 0.6) is 5.75 Å². The zero-order chi connectivity index (χ0) is 17.4. The van der Waals surface area contributed by atoms with Crippen LogP contribution in [0, 0.1) is 13.8 Å². The predicted octanol–water partition coefficient (Wildman–Crippen LogP) is 4.30. The van der Waals surface area contributed by atoms with Crippen LogP contribution in [0.2, 0.25) is 0 Å². The first kappa shape index (κ1) is 16.2. The van der Waals surface area contributed by atoms with E-state index in [0.29, 0.717) is 0 Å². The molecule has 3 heteroatoms. The topological polar surface area (TPSA) is 29.5 Å². The Labute approximate surface area is 149 Å². The van der Waals surface area contributed by atoms with Gasteiger partial charge in [-0.1, -0.05) is 24.3 Å². The van der Waals surface area contributed by atoms with E-state index in [9.17, 15) is 4.79 Å². The summed E-state index contributed by atoms with van der Waals surface area (Å²) in [5, 5.41) is 0. The fraction of sp³-hybridized carbons (Fsp3) is 0.409. The molecule has 2 aliphatic rings. The molecule has 0 unspecified atom stereocenters. The molecule has 0 aliphatic carbocycles. The van der Waals surface area contributed by atoms with Gasteiger partial charge in [0.15, 0.2) is 0 Å². The van der Waals surface area contributed by atoms with E-state index in [-0.39, 0.29) is 11.5 Å². The standard InChI is InChI=1S/C22H25NO2/c1-16-7-8-19(15-17(16)2)21(24)23-13-11-22(12-14-23)10-9-18-5-3-4-6-20(18)25-22/h3-8,15H,9-14H2,1-2H3. The minimum Gasteiger partial charge on any atom is -0.487 e. The van der Waals surface area contributed by atoms with Crippen molar-refractivity contribution in [2.24, 2.45) is 0 Å². The Balaban J connectivity index is 1.45. The molecule has 2 aliphatic heterocycles. The Morgan fingerprint density at radius 3 is 2.52 bits per heavy atom. The number of carbonyl (C=O) groups is 1. The molecule has 2 heterocycles. The highest BCUT2D eigenvalue weighted by atomic mass is 16.5. The van der Waals surface area contributed by atoms with Crippen LogP contribution in [-0.2, 0) is 6.42 Å². The van der Waals surface area contributed by atoms with Crippen LogP contribution >= 0.6 is 0 Å². The fourth-order valence-electron chi connectivity index (χ4n) is 3.98. The van der Waals surface area contributed by atoms with Crippen LogP contribution in [0.3, 0.4) is 0 Å². The van der Waals surface area contributed by atoms with Gasteiger partial charge in [0.25, 0.3) is 5.91 Å². The lowest BCUT2D eigenvalue weighted by Gasteiger charge is -2.44. The summed E-state index contributed by atoms with van der Waals surface area (Å²) in [7, 11) is 0. The first-order valence-electron chi connectivity index (χ1n) is 9.20. The van der Waals surface area contributed by atoms with Gasteiger partial charge in [0.05, 0.1) is 0 Å². The summed E-state index contributed by atoms with van der Waals surface area (Å²) in [6.45, 7) is 5.68. The molecule has 2 aromatic rings. The molecule has 0 aromatic heterocycles. The molecule has 0 atom stereocenters. The SMILES string of the molecule is Cc1ccc(C(=O)N2CCC3(CCc4ccccc4O3)CC2)cc1C. The van der Waals surface area contributed by atoms with Crippen molar-refractivity contribution in [2.45, 2.75) is 45.1 Å². The lowest BCUT2D eigenvalue weighted by atomic mass is 9.83. The van der Waals surface area contributed by atoms with Gasteiger partial charge in [0, 0.05) is 31.5 Å². The Bertz CT molecular complexity index is 803. The number of hydrogen-bond donors (Lipinski definition) is 0. The zero-order valence-corrected chi connectivity index (χ0v) is 15.0. The van der Waals surface area contributed by atoms with E-state index < -0.39 is 0 Å². The second-order valence-corrected chi connectivity index (χ2v) is 7.48. The quantitative estimate of drug-likeness (QED) is 0.777. The Hall–Kier alpha value is -2.29. The van der Waals surface area contributed by atoms with Gasteiger partial charge in [-0.15, -0.1) is 0 Å². The largest absolute Gasteiger partial charge is 0.487 e. The van der Waals surface area contributed by atoms with E-state index in [1.165, 1.54) is 16.7 Å². The number of hydrogen-bond acceptors (Lipinski definition) is 2. The third-order valence-corrected chi connectivity index (χ3v) is 5.86. The van der Waals surface area contributed by atoms with Gasteiger partial charge in [-0.25, -0.2) is 0 Å². The Kier molecular flexibility index (Phi) is 4.03. The number of carbonyl (C=O) groups excluding carboxylic acids is 1. The molecule has 130 valence electrons. The highest BCUT2D eigenvalue weighted by Crippen LogP contribution is 2.39. The zero-order valence-electron chi connectivity index (χ0n) is 15.0. The van der Waals surface area contributed by atoms with Crippen LogP contribution in [0.1, 0.15) is 46.3 Å². The predicted molar refractivity (Wildman–Crippen MR) is 99.2 cm³/mol. The van der Waals surface area contributed by atoms with E-state index in [2.05, 4.69) is 32.0 Å². The number of benzene rings is 2. The molecule has 0 N–H and O–H groups in total. The van der Waals surface area contributed by atoms with Gasteiger partial charge in [-0.05, 0) is 61.6 Å². The Morgan fingerprint density at radius 1 is 1.00 bits per heavy atom. The van der Waals surface area contributed by atoms with Crippen LogP contribution in [0.4, 0.5) is 0 Å². The number of ether oxygens (including phenoxy) is 1. The average molecular weight is 335 g/mol. The van der Waals surface area contributed by atoms with Crippen LogP contribution in [-0.4, -0.2) is 29.5 Å². The van der Waals surface area contributed by atoms with Gasteiger partial charge in [-0.3, -0.25) is 4.79 Å². The summed E-state index contributed by atoms with van der Waals surface area (Å²) < 4.78 is 6.39. The minimum atomic E-state index is -0.0890. The number of rotatable bonds is 1. The van der Waals surface area contributed by atoms with E-state index >= 15 is 0 Å². The maximum Gasteiger partial charge on any atom is 0.253 e. The summed E-state index contributed by atoms with van der Waals surface area (Å²) in [6.07, 6.45) is 3.95. The lowest BCUT2D eigenvalue weighted by molar-refractivity contribution is -0.0106. The number of aryl methyl sites for hydroxylation is 3. The van der Waals surface area contributed by atoms with Crippen molar-refractivity contribution < 1.29 is 9.53 Å². The van der Waals surface area contributed by atoms with Gasteiger partial charge in [0.2, 0.25) is 0 Å². The number of nitrogens with zero attached hydrogens (tertiary/aromatic N) is 1. The summed E-state index contributed by atoms with van der Waals surface area (Å²) in [5.41, 5.74) is 4.42. The van der Waals surface area contributed by atoms with Crippen molar-refractivity contribution in [3.63, 3.8) is 0 Å². The molecule has 1 saturated heterocycles. The van der Waals surface area contributed by atoms with Crippen molar-refractivity contribution in [3.8, 4) is 5.75 Å². The second-order valence-electron chi connectivity index (χ2n) is 7.48. The number of piperidine rings is 1. The second kappa shape index (κ2) is 6.21. The lowest BCUT2D eigenvalue weighted by Crippen LogP contribution is -2.51. The normalized spacial score (nSPS) is 18.6. The van der Waals surface area contributed by atoms with Gasteiger partial charge < -0.3 is 9.64 Å². The molecule has 0 bridgehead atoms. The van der Waals surface area contributed by atoms with Crippen LogP contribution in [0.15, 0.2) is 42.5 Å². The van der Waals surface area contributed by atoms with E-state index in [0.717, 1.165) is 50.1 Å². The van der Waals surface area contributed by atoms with Gasteiger partial charge in [-0.2, -0.15) is 0 Å². The molecule has 1 fully saturated rings. The highest BCUT2D eigenvalue weighted by molar-refractivity contribution is 5.94. The van der Waals surface area contributed by atoms with Crippen molar-refractivity contribution in [2.75, 3.05) is 13.1 Å². The summed E-state index contributed by atoms with van der Waals surface area (Å²) >= 11 is 0. The summed E-state index contributed by atoms with van der Waals surface area (Å²) in [4.78, 5) is 14.8. The number of fused-ring (bicyclic) bond motifs is 1. The molecular formula is C22H25NO2. The van der Waals surface area contributed by atoms with Gasteiger partial charge >= 0.3 is 0 Å². The smallest absolute Gasteiger partial charge is 0.253 e. The van der Waals surface area contributed by atoms with E-state index in [1.54, 1.807) is 0 Å². The molecule has 2 aromatic carbocycles.